The minimum atomic E-state index is 0.0590. The number of hydrogen-bond donors (Lipinski definition) is 1. The van der Waals surface area contributed by atoms with Gasteiger partial charge in [-0.05, 0) is 41.7 Å². The Bertz CT molecular complexity index is 563. The predicted molar refractivity (Wildman–Crippen MR) is 75.4 cm³/mol. The van der Waals surface area contributed by atoms with Crippen LogP contribution in [0.1, 0.15) is 29.0 Å². The molecule has 1 aliphatic rings. The normalized spacial score (nSPS) is 17.2. The van der Waals surface area contributed by atoms with Crippen LogP contribution in [-0.4, -0.2) is 11.7 Å². The molecule has 1 N–H and O–H groups in total. The molecule has 0 saturated carbocycles. The minimum absolute atomic E-state index is 0.0590. The molecule has 0 aromatic heterocycles. The van der Waals surface area contributed by atoms with Crippen LogP contribution in [0.15, 0.2) is 48.5 Å². The molecule has 0 heterocycles. The van der Waals surface area contributed by atoms with E-state index < -0.39 is 0 Å². The highest BCUT2D eigenvalue weighted by Gasteiger charge is 2.22. The summed E-state index contributed by atoms with van der Waals surface area (Å²) < 4.78 is 5.88. The summed E-state index contributed by atoms with van der Waals surface area (Å²) in [5.41, 5.74) is 3.78. The maximum atomic E-state index is 9.12. The molecular formula is C17H18O2. The highest BCUT2D eigenvalue weighted by atomic mass is 16.5. The van der Waals surface area contributed by atoms with Crippen molar-refractivity contribution in [2.75, 3.05) is 6.61 Å². The summed E-state index contributed by atoms with van der Waals surface area (Å²) in [4.78, 5) is 0. The van der Waals surface area contributed by atoms with Gasteiger partial charge in [-0.25, -0.2) is 0 Å². The van der Waals surface area contributed by atoms with Crippen LogP contribution in [0, 0.1) is 0 Å². The lowest BCUT2D eigenvalue weighted by Crippen LogP contribution is -2.07. The molecule has 2 aromatic rings. The van der Waals surface area contributed by atoms with Gasteiger partial charge in [0, 0.05) is 5.92 Å². The second-order valence-corrected chi connectivity index (χ2v) is 5.05. The Labute approximate surface area is 113 Å². The van der Waals surface area contributed by atoms with Crippen molar-refractivity contribution < 1.29 is 9.84 Å². The molecular weight excluding hydrogens is 236 g/mol. The molecule has 2 nitrogen and oxygen atoms in total. The Morgan fingerprint density at radius 3 is 2.89 bits per heavy atom. The Morgan fingerprint density at radius 1 is 1.11 bits per heavy atom. The molecule has 0 amide bonds. The zero-order valence-corrected chi connectivity index (χ0v) is 10.9. The topological polar surface area (TPSA) is 29.5 Å². The van der Waals surface area contributed by atoms with E-state index in [2.05, 4.69) is 24.3 Å². The van der Waals surface area contributed by atoms with Gasteiger partial charge in [0.05, 0.1) is 13.2 Å². The third-order valence-electron chi connectivity index (χ3n) is 3.79. The Kier molecular flexibility index (Phi) is 3.51. The van der Waals surface area contributed by atoms with E-state index >= 15 is 0 Å². The fourth-order valence-electron chi connectivity index (χ4n) is 2.75. The van der Waals surface area contributed by atoms with Gasteiger partial charge in [0.15, 0.2) is 0 Å². The lowest BCUT2D eigenvalue weighted by atomic mass is 10.0. The second-order valence-electron chi connectivity index (χ2n) is 5.05. The SMILES string of the molecule is OCc1cccc(OCC2CCc3ccccc32)c1. The van der Waals surface area contributed by atoms with Gasteiger partial charge in [-0.3, -0.25) is 0 Å². The van der Waals surface area contributed by atoms with E-state index in [1.807, 2.05) is 24.3 Å². The van der Waals surface area contributed by atoms with Crippen LogP contribution < -0.4 is 4.74 Å². The van der Waals surface area contributed by atoms with Gasteiger partial charge in [-0.1, -0.05) is 36.4 Å². The number of aryl methyl sites for hydroxylation is 1. The first-order valence-electron chi connectivity index (χ1n) is 6.77. The molecule has 0 fully saturated rings. The molecule has 19 heavy (non-hydrogen) atoms. The van der Waals surface area contributed by atoms with E-state index in [4.69, 9.17) is 9.84 Å². The number of hydrogen-bond acceptors (Lipinski definition) is 2. The smallest absolute Gasteiger partial charge is 0.119 e. The third kappa shape index (κ3) is 2.64. The van der Waals surface area contributed by atoms with E-state index in [-0.39, 0.29) is 6.61 Å². The number of ether oxygens (including phenoxy) is 1. The average Bonchev–Trinajstić information content (AvgIpc) is 2.89. The van der Waals surface area contributed by atoms with E-state index in [0.717, 1.165) is 17.7 Å². The molecule has 2 heteroatoms. The van der Waals surface area contributed by atoms with Crippen molar-refractivity contribution in [2.45, 2.75) is 25.4 Å². The molecule has 0 aliphatic heterocycles. The first-order valence-corrected chi connectivity index (χ1v) is 6.77. The van der Waals surface area contributed by atoms with Crippen molar-refractivity contribution in [2.24, 2.45) is 0 Å². The highest BCUT2D eigenvalue weighted by molar-refractivity contribution is 5.35. The monoisotopic (exact) mass is 254 g/mol. The van der Waals surface area contributed by atoms with Crippen LogP contribution in [0.5, 0.6) is 5.75 Å². The summed E-state index contributed by atoms with van der Waals surface area (Å²) in [6.45, 7) is 0.773. The van der Waals surface area contributed by atoms with Crippen LogP contribution >= 0.6 is 0 Å². The molecule has 0 spiro atoms. The van der Waals surface area contributed by atoms with Gasteiger partial charge in [-0.15, -0.1) is 0 Å². The predicted octanol–water partition coefficient (Wildman–Crippen LogP) is 3.29. The van der Waals surface area contributed by atoms with Crippen molar-refractivity contribution in [3.05, 3.63) is 65.2 Å². The molecule has 3 rings (SSSR count). The van der Waals surface area contributed by atoms with Gasteiger partial charge in [0.1, 0.15) is 5.75 Å². The van der Waals surface area contributed by atoms with Crippen molar-refractivity contribution in [1.29, 1.82) is 0 Å². The number of benzene rings is 2. The second kappa shape index (κ2) is 5.45. The Balaban J connectivity index is 1.67. The third-order valence-corrected chi connectivity index (χ3v) is 3.79. The fourth-order valence-corrected chi connectivity index (χ4v) is 2.75. The van der Waals surface area contributed by atoms with Crippen LogP contribution in [0.2, 0.25) is 0 Å². The van der Waals surface area contributed by atoms with Gasteiger partial charge in [0.25, 0.3) is 0 Å². The Hall–Kier alpha value is -1.80. The van der Waals surface area contributed by atoms with E-state index in [9.17, 15) is 0 Å². The summed E-state index contributed by atoms with van der Waals surface area (Å²) >= 11 is 0. The summed E-state index contributed by atoms with van der Waals surface area (Å²) in [5.74, 6) is 1.34. The number of rotatable bonds is 4. The number of fused-ring (bicyclic) bond motifs is 1. The van der Waals surface area contributed by atoms with Crippen molar-refractivity contribution in [3.63, 3.8) is 0 Å². The zero-order valence-electron chi connectivity index (χ0n) is 10.9. The van der Waals surface area contributed by atoms with Crippen LogP contribution in [-0.2, 0) is 13.0 Å². The van der Waals surface area contributed by atoms with Crippen molar-refractivity contribution >= 4 is 0 Å². The average molecular weight is 254 g/mol. The van der Waals surface area contributed by atoms with E-state index in [1.165, 1.54) is 17.5 Å². The van der Waals surface area contributed by atoms with Crippen LogP contribution in [0.3, 0.4) is 0 Å². The zero-order chi connectivity index (χ0) is 13.1. The highest BCUT2D eigenvalue weighted by Crippen LogP contribution is 2.33. The van der Waals surface area contributed by atoms with Crippen LogP contribution in [0.4, 0.5) is 0 Å². The van der Waals surface area contributed by atoms with Gasteiger partial charge >= 0.3 is 0 Å². The van der Waals surface area contributed by atoms with Crippen molar-refractivity contribution in [1.82, 2.24) is 0 Å². The van der Waals surface area contributed by atoms with Crippen LogP contribution in [0.25, 0.3) is 0 Å². The van der Waals surface area contributed by atoms with E-state index in [1.54, 1.807) is 0 Å². The van der Waals surface area contributed by atoms with E-state index in [0.29, 0.717) is 12.5 Å². The summed E-state index contributed by atoms with van der Waals surface area (Å²) in [7, 11) is 0. The maximum Gasteiger partial charge on any atom is 0.119 e. The lowest BCUT2D eigenvalue weighted by Gasteiger charge is -2.13. The van der Waals surface area contributed by atoms with Gasteiger partial charge < -0.3 is 9.84 Å². The molecule has 2 aromatic carbocycles. The summed E-state index contributed by atoms with van der Waals surface area (Å²) in [6.07, 6.45) is 2.32. The standard InChI is InChI=1S/C17H18O2/c18-11-13-4-3-6-16(10-13)19-12-15-9-8-14-5-1-2-7-17(14)15/h1-7,10,15,18H,8-9,11-12H2. The quantitative estimate of drug-likeness (QED) is 0.907. The molecule has 1 aliphatic carbocycles. The molecule has 1 atom stereocenters. The first kappa shape index (κ1) is 12.2. The lowest BCUT2D eigenvalue weighted by molar-refractivity contribution is 0.274. The largest absolute Gasteiger partial charge is 0.493 e. The Morgan fingerprint density at radius 2 is 2.00 bits per heavy atom. The molecule has 0 radical (unpaired) electrons. The number of aliphatic hydroxyl groups is 1. The summed E-state index contributed by atoms with van der Waals surface area (Å²) in [5, 5.41) is 9.12. The number of aliphatic hydroxyl groups excluding tert-OH is 1. The molecule has 98 valence electrons. The summed E-state index contributed by atoms with van der Waals surface area (Å²) in [6, 6.07) is 16.3. The molecule has 0 saturated heterocycles. The molecule has 0 bridgehead atoms. The fraction of sp³-hybridized carbons (Fsp3) is 0.294. The molecule has 1 unspecified atom stereocenters. The maximum absolute atomic E-state index is 9.12. The first-order chi connectivity index (χ1) is 9.36. The van der Waals surface area contributed by atoms with Gasteiger partial charge in [0.2, 0.25) is 0 Å². The minimum Gasteiger partial charge on any atom is -0.493 e. The van der Waals surface area contributed by atoms with Gasteiger partial charge in [-0.2, -0.15) is 0 Å². The van der Waals surface area contributed by atoms with Crippen molar-refractivity contribution in [3.8, 4) is 5.75 Å².